The standard InChI is InChI=1S/C19H24N2O5.C14H16N2O3/c1-19(2,3)26-18(22)20-14-6-7-15(20)10-13(9-14)12-5-8-16(21(23)24)17(11-12)25-4;1-19-14-8-9(2-5-13(14)16(17)18)10-6-11-3-4-12(7-10)15-11/h5,8-9,11,14-15H,6-7,10H2,1-4H3;2,5-6,8,11-12,15H,3-4,7H2,1H3. The van der Waals surface area contributed by atoms with E-state index < -0.39 is 15.4 Å². The molecule has 4 aliphatic heterocycles. The second-order valence-corrected chi connectivity index (χ2v) is 12.8. The number of nitrogens with one attached hydrogen (secondary N) is 1. The summed E-state index contributed by atoms with van der Waals surface area (Å²) in [5, 5.41) is 25.5. The van der Waals surface area contributed by atoms with Gasteiger partial charge in [0, 0.05) is 30.3 Å². The molecule has 12 heteroatoms. The van der Waals surface area contributed by atoms with Gasteiger partial charge in [0.15, 0.2) is 11.5 Å². The number of carbonyl (C=O) groups excluding carboxylic acids is 1. The number of ether oxygens (including phenoxy) is 3. The predicted molar refractivity (Wildman–Crippen MR) is 169 cm³/mol. The molecule has 4 heterocycles. The van der Waals surface area contributed by atoms with E-state index in [1.54, 1.807) is 18.2 Å². The van der Waals surface area contributed by atoms with Gasteiger partial charge in [-0.3, -0.25) is 25.1 Å². The first kappa shape index (κ1) is 32.0. The van der Waals surface area contributed by atoms with Crippen molar-refractivity contribution >= 4 is 28.6 Å². The van der Waals surface area contributed by atoms with Crippen LogP contribution in [0.5, 0.6) is 11.5 Å². The molecular formula is C33H40N4O8. The molecule has 2 fully saturated rings. The van der Waals surface area contributed by atoms with Gasteiger partial charge in [0.1, 0.15) is 5.60 Å². The lowest BCUT2D eigenvalue weighted by atomic mass is 9.94. The monoisotopic (exact) mass is 620 g/mol. The molecule has 0 spiro atoms. The summed E-state index contributed by atoms with van der Waals surface area (Å²) in [6.07, 6.45) is 9.94. The maximum absolute atomic E-state index is 12.5. The van der Waals surface area contributed by atoms with Gasteiger partial charge in [0.2, 0.25) is 0 Å². The molecule has 0 aromatic heterocycles. The van der Waals surface area contributed by atoms with E-state index in [2.05, 4.69) is 17.5 Å². The summed E-state index contributed by atoms with van der Waals surface area (Å²) in [6, 6.07) is 11.1. The van der Waals surface area contributed by atoms with E-state index in [1.165, 1.54) is 44.8 Å². The first-order chi connectivity index (χ1) is 21.4. The zero-order valence-electron chi connectivity index (χ0n) is 26.3. The van der Waals surface area contributed by atoms with Crippen LogP contribution in [0.3, 0.4) is 0 Å². The minimum absolute atomic E-state index is 0.000197. The highest BCUT2D eigenvalue weighted by molar-refractivity contribution is 5.76. The van der Waals surface area contributed by atoms with Crippen LogP contribution in [0.25, 0.3) is 11.1 Å². The molecule has 2 aromatic carbocycles. The van der Waals surface area contributed by atoms with Crippen LogP contribution in [-0.4, -0.2) is 64.8 Å². The number of benzene rings is 2. The summed E-state index contributed by atoms with van der Waals surface area (Å²) in [5.74, 6) is 0.574. The van der Waals surface area contributed by atoms with E-state index >= 15 is 0 Å². The molecule has 45 heavy (non-hydrogen) atoms. The lowest BCUT2D eigenvalue weighted by molar-refractivity contribution is -0.385. The number of nitro groups is 2. The fourth-order valence-corrected chi connectivity index (χ4v) is 6.63. The van der Waals surface area contributed by atoms with Crippen LogP contribution >= 0.6 is 0 Å². The third-order valence-corrected chi connectivity index (χ3v) is 8.64. The van der Waals surface area contributed by atoms with Crippen LogP contribution in [0.2, 0.25) is 0 Å². The zero-order chi connectivity index (χ0) is 32.5. The highest BCUT2D eigenvalue weighted by Gasteiger charge is 2.41. The summed E-state index contributed by atoms with van der Waals surface area (Å²) in [4.78, 5) is 35.4. The van der Waals surface area contributed by atoms with Gasteiger partial charge >= 0.3 is 17.5 Å². The average molecular weight is 621 g/mol. The molecule has 4 unspecified atom stereocenters. The van der Waals surface area contributed by atoms with Crippen molar-refractivity contribution < 1.29 is 28.9 Å². The van der Waals surface area contributed by atoms with E-state index in [0.717, 1.165) is 36.0 Å². The van der Waals surface area contributed by atoms with E-state index in [9.17, 15) is 25.0 Å². The topological polar surface area (TPSA) is 146 Å². The van der Waals surface area contributed by atoms with Crippen molar-refractivity contribution in [3.8, 4) is 11.5 Å². The first-order valence-electron chi connectivity index (χ1n) is 15.2. The van der Waals surface area contributed by atoms with Gasteiger partial charge in [-0.05, 0) is 106 Å². The molecule has 2 aromatic rings. The molecule has 0 radical (unpaired) electrons. The lowest BCUT2D eigenvalue weighted by Crippen LogP contribution is -2.45. The van der Waals surface area contributed by atoms with Crippen molar-refractivity contribution in [1.29, 1.82) is 0 Å². The SMILES string of the molecule is COc1cc(C2=CC3CCC(C2)N3)ccc1[N+](=O)[O-].COc1cc(C2=CC3CCC(C2)N3C(=O)OC(C)(C)C)ccc1[N+](=O)[O-]. The summed E-state index contributed by atoms with van der Waals surface area (Å²) in [6.45, 7) is 5.59. The Hall–Kier alpha value is -4.45. The molecule has 0 saturated carbocycles. The Balaban J connectivity index is 0.000000186. The molecule has 6 rings (SSSR count). The number of methoxy groups -OCH3 is 2. The maximum Gasteiger partial charge on any atom is 0.411 e. The van der Waals surface area contributed by atoms with Crippen LogP contribution in [0.15, 0.2) is 48.6 Å². The Morgan fingerprint density at radius 2 is 1.42 bits per heavy atom. The van der Waals surface area contributed by atoms with Crippen LogP contribution in [-0.2, 0) is 4.74 Å². The third-order valence-electron chi connectivity index (χ3n) is 8.64. The Morgan fingerprint density at radius 3 is 1.91 bits per heavy atom. The number of fused-ring (bicyclic) bond motifs is 4. The quantitative estimate of drug-likeness (QED) is 0.276. The summed E-state index contributed by atoms with van der Waals surface area (Å²) in [7, 11) is 2.89. The number of hydrogen-bond acceptors (Lipinski definition) is 9. The normalized spacial score (nSPS) is 23.3. The van der Waals surface area contributed by atoms with Crippen LogP contribution < -0.4 is 14.8 Å². The number of nitrogens with zero attached hydrogens (tertiary/aromatic N) is 3. The van der Waals surface area contributed by atoms with E-state index in [4.69, 9.17) is 14.2 Å². The van der Waals surface area contributed by atoms with E-state index in [-0.39, 0.29) is 35.3 Å². The van der Waals surface area contributed by atoms with Gasteiger partial charge in [-0.2, -0.15) is 0 Å². The largest absolute Gasteiger partial charge is 0.490 e. The minimum Gasteiger partial charge on any atom is -0.490 e. The molecule has 1 amide bonds. The zero-order valence-corrected chi connectivity index (χ0v) is 26.3. The summed E-state index contributed by atoms with van der Waals surface area (Å²) >= 11 is 0. The first-order valence-corrected chi connectivity index (χ1v) is 15.2. The molecule has 4 aliphatic rings. The predicted octanol–water partition coefficient (Wildman–Crippen LogP) is 6.67. The fraction of sp³-hybridized carbons (Fsp3) is 0.485. The second kappa shape index (κ2) is 12.9. The maximum atomic E-state index is 12.5. The molecule has 2 saturated heterocycles. The molecule has 4 bridgehead atoms. The van der Waals surface area contributed by atoms with Crippen molar-refractivity contribution in [2.75, 3.05) is 14.2 Å². The van der Waals surface area contributed by atoms with Crippen LogP contribution in [0.4, 0.5) is 16.2 Å². The van der Waals surface area contributed by atoms with Gasteiger partial charge in [-0.1, -0.05) is 12.2 Å². The highest BCUT2D eigenvalue weighted by Crippen LogP contribution is 2.41. The number of carbonyl (C=O) groups is 1. The van der Waals surface area contributed by atoms with Crippen molar-refractivity contribution in [3.63, 3.8) is 0 Å². The summed E-state index contributed by atoms with van der Waals surface area (Å²) in [5.41, 5.74) is 3.72. The van der Waals surface area contributed by atoms with Crippen molar-refractivity contribution in [3.05, 3.63) is 79.9 Å². The smallest absolute Gasteiger partial charge is 0.411 e. The van der Waals surface area contributed by atoms with E-state index in [1.807, 2.05) is 31.7 Å². The molecular weight excluding hydrogens is 580 g/mol. The summed E-state index contributed by atoms with van der Waals surface area (Å²) < 4.78 is 15.8. The minimum atomic E-state index is -0.522. The number of rotatable bonds is 6. The Labute approximate surface area is 262 Å². The van der Waals surface area contributed by atoms with Crippen molar-refractivity contribution in [2.45, 2.75) is 89.1 Å². The Bertz CT molecular complexity index is 1550. The Morgan fingerprint density at radius 1 is 0.844 bits per heavy atom. The van der Waals surface area contributed by atoms with Gasteiger partial charge in [0.25, 0.3) is 0 Å². The average Bonchev–Trinajstić information content (AvgIpc) is 3.48. The van der Waals surface area contributed by atoms with Crippen LogP contribution in [0.1, 0.15) is 70.4 Å². The van der Waals surface area contributed by atoms with Gasteiger partial charge < -0.3 is 19.5 Å². The molecule has 12 nitrogen and oxygen atoms in total. The number of amides is 1. The Kier molecular flexibility index (Phi) is 9.15. The second-order valence-electron chi connectivity index (χ2n) is 12.8. The van der Waals surface area contributed by atoms with E-state index in [0.29, 0.717) is 24.3 Å². The third kappa shape index (κ3) is 7.11. The molecule has 240 valence electrons. The molecule has 1 N–H and O–H groups in total. The van der Waals surface area contributed by atoms with Gasteiger partial charge in [-0.15, -0.1) is 0 Å². The lowest BCUT2D eigenvalue weighted by Gasteiger charge is -2.35. The number of nitro benzene ring substituents is 2. The molecule has 0 aliphatic carbocycles. The highest BCUT2D eigenvalue weighted by atomic mass is 16.6. The number of hydrogen-bond donors (Lipinski definition) is 1. The van der Waals surface area contributed by atoms with Gasteiger partial charge in [0.05, 0.1) is 30.1 Å². The molecule has 4 atom stereocenters. The van der Waals surface area contributed by atoms with Crippen LogP contribution in [0, 0.1) is 20.2 Å². The fourth-order valence-electron chi connectivity index (χ4n) is 6.63. The van der Waals surface area contributed by atoms with Crippen molar-refractivity contribution in [1.82, 2.24) is 10.2 Å². The van der Waals surface area contributed by atoms with Gasteiger partial charge in [-0.25, -0.2) is 4.79 Å². The van der Waals surface area contributed by atoms with Crippen molar-refractivity contribution in [2.24, 2.45) is 0 Å².